The van der Waals surface area contributed by atoms with E-state index in [0.29, 0.717) is 0 Å². The predicted molar refractivity (Wildman–Crippen MR) is 96.7 cm³/mol. The zero-order chi connectivity index (χ0) is 17.8. The van der Waals surface area contributed by atoms with Crippen molar-refractivity contribution in [2.45, 2.75) is 24.3 Å². The normalized spacial score (nSPS) is 17.2. The molecule has 1 aromatic carbocycles. The summed E-state index contributed by atoms with van der Waals surface area (Å²) in [5.74, 6) is 0. The van der Waals surface area contributed by atoms with Gasteiger partial charge >= 0.3 is 0 Å². The van der Waals surface area contributed by atoms with Gasteiger partial charge in [-0.1, -0.05) is 19.1 Å². The average molecular weight is 357 g/mol. The summed E-state index contributed by atoms with van der Waals surface area (Å²) >= 11 is 0. The van der Waals surface area contributed by atoms with Crippen molar-refractivity contribution >= 4 is 26.7 Å². The second-order valence-corrected chi connectivity index (χ2v) is 7.75. The molecule has 130 valence electrons. The third-order valence-electron chi connectivity index (χ3n) is 4.68. The number of primary sulfonamides is 1. The molecular formula is C17H19N5O2S. The molecule has 0 aliphatic carbocycles. The molecule has 1 aliphatic heterocycles. The van der Waals surface area contributed by atoms with E-state index in [1.54, 1.807) is 12.1 Å². The van der Waals surface area contributed by atoms with Crippen molar-refractivity contribution < 1.29 is 8.42 Å². The lowest BCUT2D eigenvalue weighted by molar-refractivity contribution is 0.597. The van der Waals surface area contributed by atoms with Crippen LogP contribution in [0.15, 0.2) is 41.6 Å². The molecule has 0 saturated carbocycles. The molecule has 1 atom stereocenters. The first-order valence-electron chi connectivity index (χ1n) is 8.01. The Hall–Kier alpha value is -2.42. The van der Waals surface area contributed by atoms with Crippen LogP contribution in [0, 0.1) is 0 Å². The van der Waals surface area contributed by atoms with E-state index in [0.717, 1.165) is 34.3 Å². The Labute approximate surface area is 145 Å². The monoisotopic (exact) mass is 357 g/mol. The van der Waals surface area contributed by atoms with Crippen molar-refractivity contribution in [3.8, 4) is 0 Å². The predicted octanol–water partition coefficient (Wildman–Crippen LogP) is 1.82. The van der Waals surface area contributed by atoms with E-state index in [1.807, 2.05) is 24.5 Å². The number of nitrogens with two attached hydrogens (primary N) is 1. The fourth-order valence-corrected chi connectivity index (χ4v) is 3.96. The van der Waals surface area contributed by atoms with Gasteiger partial charge in [0.05, 0.1) is 16.6 Å². The summed E-state index contributed by atoms with van der Waals surface area (Å²) in [6.45, 7) is 2.12. The molecule has 25 heavy (non-hydrogen) atoms. The summed E-state index contributed by atoms with van der Waals surface area (Å²) in [4.78, 5) is 7.88. The van der Waals surface area contributed by atoms with Gasteiger partial charge in [0.15, 0.2) is 0 Å². The number of pyridine rings is 1. The van der Waals surface area contributed by atoms with Gasteiger partial charge in [-0.15, -0.1) is 0 Å². The number of sulfonamides is 1. The van der Waals surface area contributed by atoms with Crippen molar-refractivity contribution in [1.82, 2.24) is 15.4 Å². The molecule has 8 heteroatoms. The summed E-state index contributed by atoms with van der Waals surface area (Å²) in [7, 11) is -1.72. The van der Waals surface area contributed by atoms with E-state index in [2.05, 4.69) is 22.3 Å². The van der Waals surface area contributed by atoms with Gasteiger partial charge in [0, 0.05) is 30.4 Å². The number of aromatic amines is 1. The summed E-state index contributed by atoms with van der Waals surface area (Å²) < 4.78 is 22.9. The van der Waals surface area contributed by atoms with Crippen molar-refractivity contribution in [2.75, 3.05) is 12.1 Å². The Morgan fingerprint density at radius 2 is 2.00 bits per heavy atom. The van der Waals surface area contributed by atoms with Crippen LogP contribution in [0.4, 0.5) is 5.69 Å². The van der Waals surface area contributed by atoms with Crippen LogP contribution >= 0.6 is 0 Å². The molecule has 0 spiro atoms. The number of nitrogens with zero attached hydrogens (tertiary/aromatic N) is 2. The van der Waals surface area contributed by atoms with Crippen LogP contribution in [0.5, 0.6) is 0 Å². The topological polar surface area (TPSA) is 104 Å². The second-order valence-electron chi connectivity index (χ2n) is 6.19. The van der Waals surface area contributed by atoms with E-state index >= 15 is 0 Å². The number of hydrazine groups is 1. The molecule has 0 saturated heterocycles. The van der Waals surface area contributed by atoms with Crippen molar-refractivity contribution in [3.63, 3.8) is 0 Å². The third-order valence-corrected chi connectivity index (χ3v) is 5.61. The van der Waals surface area contributed by atoms with Gasteiger partial charge in [-0.25, -0.2) is 24.0 Å². The second kappa shape index (κ2) is 5.55. The molecule has 7 nitrogen and oxygen atoms in total. The number of aryl methyl sites for hydroxylation is 1. The minimum absolute atomic E-state index is 0.0916. The maximum absolute atomic E-state index is 11.4. The molecule has 0 radical (unpaired) electrons. The highest BCUT2D eigenvalue weighted by molar-refractivity contribution is 7.89. The van der Waals surface area contributed by atoms with E-state index in [1.165, 1.54) is 17.7 Å². The summed E-state index contributed by atoms with van der Waals surface area (Å²) in [5, 5.41) is 8.30. The molecule has 0 bridgehead atoms. The van der Waals surface area contributed by atoms with Gasteiger partial charge in [0.2, 0.25) is 10.0 Å². The van der Waals surface area contributed by atoms with Crippen LogP contribution < -0.4 is 15.6 Å². The Kier molecular flexibility index (Phi) is 3.57. The van der Waals surface area contributed by atoms with E-state index in [-0.39, 0.29) is 10.9 Å². The molecule has 2 aromatic heterocycles. The van der Waals surface area contributed by atoms with Crippen LogP contribution in [0.25, 0.3) is 11.0 Å². The molecule has 0 fully saturated rings. The molecule has 3 aromatic rings. The van der Waals surface area contributed by atoms with Crippen molar-refractivity contribution in [3.05, 3.63) is 53.3 Å². The van der Waals surface area contributed by atoms with Crippen LogP contribution in [0.1, 0.15) is 29.7 Å². The summed E-state index contributed by atoms with van der Waals surface area (Å²) in [6.07, 6.45) is 4.78. The molecule has 4 rings (SSSR count). The van der Waals surface area contributed by atoms with Gasteiger partial charge in [-0.05, 0) is 29.7 Å². The highest BCUT2D eigenvalue weighted by Crippen LogP contribution is 2.41. The minimum atomic E-state index is -3.69. The lowest BCUT2D eigenvalue weighted by Gasteiger charge is -2.16. The third kappa shape index (κ3) is 2.50. The Morgan fingerprint density at radius 3 is 2.64 bits per heavy atom. The zero-order valence-corrected chi connectivity index (χ0v) is 14.8. The van der Waals surface area contributed by atoms with Crippen LogP contribution in [-0.4, -0.2) is 25.4 Å². The van der Waals surface area contributed by atoms with Crippen molar-refractivity contribution in [1.29, 1.82) is 0 Å². The minimum Gasteiger partial charge on any atom is -0.346 e. The number of hydrogen-bond acceptors (Lipinski definition) is 5. The van der Waals surface area contributed by atoms with Crippen LogP contribution in [0.3, 0.4) is 0 Å². The lowest BCUT2D eigenvalue weighted by Crippen LogP contribution is -2.30. The zero-order valence-electron chi connectivity index (χ0n) is 13.9. The summed E-state index contributed by atoms with van der Waals surface area (Å²) in [6, 6.07) is 6.53. The average Bonchev–Trinajstić information content (AvgIpc) is 3.15. The van der Waals surface area contributed by atoms with Crippen LogP contribution in [0.2, 0.25) is 0 Å². The molecular weight excluding hydrogens is 338 g/mol. The first-order valence-corrected chi connectivity index (χ1v) is 9.56. The van der Waals surface area contributed by atoms with Gasteiger partial charge in [-0.3, -0.25) is 0 Å². The van der Waals surface area contributed by atoms with E-state index in [9.17, 15) is 8.42 Å². The van der Waals surface area contributed by atoms with Gasteiger partial charge < -0.3 is 9.99 Å². The number of rotatable bonds is 3. The Bertz CT molecular complexity index is 1060. The molecule has 1 aliphatic rings. The van der Waals surface area contributed by atoms with Crippen LogP contribution in [-0.2, 0) is 16.4 Å². The molecule has 0 amide bonds. The number of hydrogen-bond donors (Lipinski definition) is 3. The Balaban J connectivity index is 1.83. The highest BCUT2D eigenvalue weighted by Gasteiger charge is 2.31. The molecule has 3 heterocycles. The molecule has 1 unspecified atom stereocenters. The first kappa shape index (κ1) is 16.1. The number of aromatic nitrogens is 2. The Morgan fingerprint density at radius 1 is 1.28 bits per heavy atom. The molecule has 4 N–H and O–H groups in total. The quantitative estimate of drug-likeness (QED) is 0.663. The number of anilines is 1. The van der Waals surface area contributed by atoms with E-state index < -0.39 is 10.0 Å². The number of benzene rings is 1. The fraction of sp³-hybridized carbons (Fsp3) is 0.235. The maximum Gasteiger partial charge on any atom is 0.238 e. The summed E-state index contributed by atoms with van der Waals surface area (Å²) in [5.41, 5.74) is 8.63. The lowest BCUT2D eigenvalue weighted by atomic mass is 9.99. The maximum atomic E-state index is 11.4. The van der Waals surface area contributed by atoms with Gasteiger partial charge in [0.25, 0.3) is 0 Å². The van der Waals surface area contributed by atoms with E-state index in [4.69, 9.17) is 5.14 Å². The number of fused-ring (bicyclic) bond motifs is 3. The smallest absolute Gasteiger partial charge is 0.238 e. The standard InChI is InChI=1S/C17H19N5O2S/c1-3-10-8-19-17-14(10)16-13(9-20-17)15(21-22(16)2)11-4-6-12(7-5-11)25(18,23)24/h4-9,15,21H,3H2,1-2H3,(H,19,20)(H2,18,23,24). The van der Waals surface area contributed by atoms with Crippen molar-refractivity contribution in [2.24, 2.45) is 5.14 Å². The highest BCUT2D eigenvalue weighted by atomic mass is 32.2. The number of nitrogens with one attached hydrogen (secondary N) is 2. The fourth-order valence-electron chi connectivity index (χ4n) is 3.44. The van der Waals surface area contributed by atoms with Gasteiger partial charge in [0.1, 0.15) is 5.65 Å². The van der Waals surface area contributed by atoms with Gasteiger partial charge in [-0.2, -0.15) is 0 Å². The first-order chi connectivity index (χ1) is 11.9. The number of H-pyrrole nitrogens is 1. The SMILES string of the molecule is CCc1c[nH]c2ncc3c(c12)N(C)NC3c1ccc(S(N)(=O)=O)cc1. The largest absolute Gasteiger partial charge is 0.346 e.